The molecule has 0 radical (unpaired) electrons. The first-order valence-corrected chi connectivity index (χ1v) is 9.82. The van der Waals surface area contributed by atoms with Gasteiger partial charge < -0.3 is 39.3 Å². The van der Waals surface area contributed by atoms with Gasteiger partial charge >= 0.3 is 5.97 Å². The highest BCUT2D eigenvalue weighted by atomic mass is 127. The van der Waals surface area contributed by atoms with E-state index in [0.717, 1.165) is 16.8 Å². The Bertz CT molecular complexity index is 1000. The lowest BCUT2D eigenvalue weighted by atomic mass is 10.0. The van der Waals surface area contributed by atoms with Crippen LogP contribution in [0, 0.1) is 0 Å². The smallest absolute Gasteiger partial charge is 0.306 e. The van der Waals surface area contributed by atoms with E-state index in [2.05, 4.69) is 4.98 Å². The molecule has 2 heterocycles. The van der Waals surface area contributed by atoms with Crippen LogP contribution in [0.15, 0.2) is 36.8 Å². The van der Waals surface area contributed by atoms with Gasteiger partial charge in [-0.1, -0.05) is 6.07 Å². The minimum atomic E-state index is -0.881. The number of benzene rings is 1. The zero-order valence-electron chi connectivity index (χ0n) is 18.1. The van der Waals surface area contributed by atoms with Gasteiger partial charge in [0.2, 0.25) is 5.91 Å². The fourth-order valence-electron chi connectivity index (χ4n) is 3.49. The Morgan fingerprint density at radius 1 is 1.32 bits per heavy atom. The predicted molar refractivity (Wildman–Crippen MR) is 109 cm³/mol. The van der Waals surface area contributed by atoms with Crippen molar-refractivity contribution in [3.8, 4) is 11.3 Å². The molecule has 1 atom stereocenters. The Morgan fingerprint density at radius 3 is 2.65 bits per heavy atom. The van der Waals surface area contributed by atoms with Gasteiger partial charge in [-0.2, -0.15) is 0 Å². The molecule has 2 aromatic rings. The summed E-state index contributed by atoms with van der Waals surface area (Å²) in [7, 11) is 1.91. The van der Waals surface area contributed by atoms with Crippen molar-refractivity contribution in [3.63, 3.8) is 0 Å². The topological polar surface area (TPSA) is 106 Å². The van der Waals surface area contributed by atoms with Crippen molar-refractivity contribution in [1.29, 1.82) is 0 Å². The van der Waals surface area contributed by atoms with E-state index < -0.39 is 23.5 Å². The molecule has 1 aromatic carbocycles. The first kappa shape index (κ1) is 24.7. The van der Waals surface area contributed by atoms with Gasteiger partial charge in [-0.05, 0) is 44.9 Å². The number of amides is 2. The second-order valence-corrected chi connectivity index (χ2v) is 8.46. The number of halogens is 1. The maximum atomic E-state index is 12.9. The van der Waals surface area contributed by atoms with Gasteiger partial charge in [0.15, 0.2) is 12.4 Å². The van der Waals surface area contributed by atoms with Crippen LogP contribution in [-0.2, 0) is 27.9 Å². The second kappa shape index (κ2) is 9.71. The lowest BCUT2D eigenvalue weighted by Gasteiger charge is -2.25. The van der Waals surface area contributed by atoms with Crippen LogP contribution in [0.25, 0.3) is 11.3 Å². The van der Waals surface area contributed by atoms with Crippen molar-refractivity contribution in [2.45, 2.75) is 51.8 Å². The number of esters is 1. The Hall–Kier alpha value is -2.56. The van der Waals surface area contributed by atoms with Gasteiger partial charge in [0.25, 0.3) is 5.91 Å². The summed E-state index contributed by atoms with van der Waals surface area (Å²) in [4.78, 5) is 42.8. The molecule has 2 N–H and O–H groups in total. The molecule has 1 aliphatic heterocycles. The molecule has 2 amide bonds. The number of rotatable bonds is 6. The molecule has 0 spiro atoms. The molecule has 8 nitrogen and oxygen atoms in total. The fourth-order valence-corrected chi connectivity index (χ4v) is 3.49. The molecule has 0 bridgehead atoms. The van der Waals surface area contributed by atoms with Crippen molar-refractivity contribution in [3.05, 3.63) is 47.9 Å². The molecule has 3 rings (SSSR count). The molecule has 0 saturated heterocycles. The third kappa shape index (κ3) is 5.99. The highest BCUT2D eigenvalue weighted by Crippen LogP contribution is 2.29. The third-order valence-electron chi connectivity index (χ3n) is 4.82. The fraction of sp³-hybridized carbons (Fsp3) is 0.409. The standard InChI is InChI=1S/C22H26N4O4.HI/c1-22(2,3)30-19(27)8-7-18(20(23)28)26-12-15-11-14(5-6-16(15)21(26)29)17-13-25(4)10-9-24-17;/h5-6,9-11,13,18H,7-8,12H2,1-4H3,(H-,23,28);1H. The maximum Gasteiger partial charge on any atom is 0.306 e. The number of nitrogens with zero attached hydrogens (tertiary/aromatic N) is 3. The van der Waals surface area contributed by atoms with Crippen LogP contribution in [0.4, 0.5) is 0 Å². The average Bonchev–Trinajstić information content (AvgIpc) is 2.96. The number of nitrogens with two attached hydrogens (primary N) is 1. The van der Waals surface area contributed by atoms with E-state index >= 15 is 0 Å². The van der Waals surface area contributed by atoms with Crippen molar-refractivity contribution in [2.75, 3.05) is 0 Å². The molecule has 0 fully saturated rings. The van der Waals surface area contributed by atoms with Gasteiger partial charge in [-0.3, -0.25) is 14.4 Å². The van der Waals surface area contributed by atoms with Crippen molar-refractivity contribution in [1.82, 2.24) is 9.88 Å². The number of carbonyl (C=O) groups excluding carboxylic acids is 3. The molecule has 1 aromatic heterocycles. The van der Waals surface area contributed by atoms with Gasteiger partial charge in [-0.15, -0.1) is 0 Å². The molecular formula is C22H27IN4O4. The summed E-state index contributed by atoms with van der Waals surface area (Å²) < 4.78 is 7.19. The Balaban J connectivity index is 0.00000341. The van der Waals surface area contributed by atoms with E-state index in [9.17, 15) is 14.4 Å². The number of hydrogen-bond donors (Lipinski definition) is 1. The van der Waals surface area contributed by atoms with E-state index in [1.165, 1.54) is 4.90 Å². The summed E-state index contributed by atoms with van der Waals surface area (Å²) >= 11 is 0. The molecule has 1 aliphatic rings. The largest absolute Gasteiger partial charge is 1.00 e. The first-order chi connectivity index (χ1) is 14.0. The van der Waals surface area contributed by atoms with Crippen molar-refractivity contribution >= 4 is 17.8 Å². The summed E-state index contributed by atoms with van der Waals surface area (Å²) in [6, 6.07) is 4.60. The molecule has 166 valence electrons. The van der Waals surface area contributed by atoms with Gasteiger partial charge in [0, 0.05) is 24.1 Å². The average molecular weight is 538 g/mol. The number of ether oxygens (including phenoxy) is 1. The molecule has 9 heteroatoms. The predicted octanol–water partition coefficient (Wildman–Crippen LogP) is -1.49. The highest BCUT2D eigenvalue weighted by Gasteiger charge is 2.36. The van der Waals surface area contributed by atoms with Gasteiger partial charge in [0.05, 0.1) is 6.20 Å². The number of primary amides is 1. The zero-order valence-corrected chi connectivity index (χ0v) is 20.3. The summed E-state index contributed by atoms with van der Waals surface area (Å²) in [6.45, 7) is 5.58. The number of aromatic nitrogens is 2. The second-order valence-electron chi connectivity index (χ2n) is 8.46. The number of hydrogen-bond acceptors (Lipinski definition) is 5. The third-order valence-corrected chi connectivity index (χ3v) is 4.82. The molecular weight excluding hydrogens is 511 g/mol. The van der Waals surface area contributed by atoms with Crippen LogP contribution in [0.1, 0.15) is 49.5 Å². The Kier molecular flexibility index (Phi) is 7.74. The quantitative estimate of drug-likeness (QED) is 0.274. The summed E-state index contributed by atoms with van der Waals surface area (Å²) in [5.74, 6) is -1.34. The Morgan fingerprint density at radius 2 is 2.03 bits per heavy atom. The lowest BCUT2D eigenvalue weighted by molar-refractivity contribution is -0.671. The van der Waals surface area contributed by atoms with Crippen LogP contribution < -0.4 is 34.3 Å². The monoisotopic (exact) mass is 538 g/mol. The van der Waals surface area contributed by atoms with E-state index in [4.69, 9.17) is 10.5 Å². The van der Waals surface area contributed by atoms with Crippen LogP contribution in [0.2, 0.25) is 0 Å². The minimum absolute atomic E-state index is 0. The van der Waals surface area contributed by atoms with E-state index in [0.29, 0.717) is 5.56 Å². The molecule has 0 aliphatic carbocycles. The maximum absolute atomic E-state index is 12.9. The SMILES string of the molecule is C[n+]1ccnc(-c2ccc3c(c2)CN(C(CCC(=O)OC(C)(C)C)C(N)=O)C3=O)c1.[I-]. The van der Waals surface area contributed by atoms with Crippen molar-refractivity contribution < 1.29 is 47.7 Å². The number of fused-ring (bicyclic) bond motifs is 1. The van der Waals surface area contributed by atoms with Gasteiger partial charge in [0.1, 0.15) is 24.4 Å². The van der Waals surface area contributed by atoms with Crippen LogP contribution >= 0.6 is 0 Å². The zero-order chi connectivity index (χ0) is 22.1. The van der Waals surface area contributed by atoms with Crippen LogP contribution in [-0.4, -0.2) is 39.3 Å². The first-order valence-electron chi connectivity index (χ1n) is 9.82. The normalized spacial score (nSPS) is 13.9. The summed E-state index contributed by atoms with van der Waals surface area (Å²) in [6.07, 6.45) is 5.56. The molecule has 0 saturated carbocycles. The summed E-state index contributed by atoms with van der Waals surface area (Å²) in [5, 5.41) is 0. The molecule has 31 heavy (non-hydrogen) atoms. The lowest BCUT2D eigenvalue weighted by Crippen LogP contribution is -3.00. The highest BCUT2D eigenvalue weighted by molar-refractivity contribution is 6.01. The Labute approximate surface area is 198 Å². The van der Waals surface area contributed by atoms with E-state index in [-0.39, 0.29) is 49.3 Å². The summed E-state index contributed by atoms with van der Waals surface area (Å²) in [5.41, 5.74) is 7.95. The van der Waals surface area contributed by atoms with E-state index in [1.54, 1.807) is 33.0 Å². The number of aryl methyl sites for hydroxylation is 1. The minimum Gasteiger partial charge on any atom is -1.00 e. The van der Waals surface area contributed by atoms with Crippen LogP contribution in [0.3, 0.4) is 0 Å². The van der Waals surface area contributed by atoms with Gasteiger partial charge in [-0.25, -0.2) is 9.55 Å². The number of carbonyl (C=O) groups is 3. The van der Waals surface area contributed by atoms with Crippen molar-refractivity contribution in [2.24, 2.45) is 12.8 Å². The van der Waals surface area contributed by atoms with Crippen LogP contribution in [0.5, 0.6) is 0 Å². The molecule has 1 unspecified atom stereocenters. The van der Waals surface area contributed by atoms with E-state index in [1.807, 2.05) is 36.1 Å².